The molecule has 8 aromatic rings. The van der Waals surface area contributed by atoms with E-state index in [1.807, 2.05) is 36.4 Å². The molecule has 1 aliphatic heterocycles. The summed E-state index contributed by atoms with van der Waals surface area (Å²) in [5, 5.41) is 2.43. The van der Waals surface area contributed by atoms with Gasteiger partial charge >= 0.3 is 0 Å². The molecule has 1 aliphatic rings. The fourth-order valence-corrected chi connectivity index (χ4v) is 6.99. The third-order valence-electron chi connectivity index (χ3n) is 9.39. The maximum atomic E-state index is 6.67. The predicted octanol–water partition coefficient (Wildman–Crippen LogP) is 11.1. The molecule has 3 heterocycles. The third-order valence-corrected chi connectivity index (χ3v) is 9.39. The fourth-order valence-electron chi connectivity index (χ4n) is 6.99. The van der Waals surface area contributed by atoms with Gasteiger partial charge in [0.15, 0.2) is 5.82 Å². The maximum absolute atomic E-state index is 6.67. The number of nitrogens with zero attached hydrogens (tertiary/aromatic N) is 3. The molecule has 0 spiro atoms. The van der Waals surface area contributed by atoms with Crippen LogP contribution in [0.4, 0.5) is 0 Å². The molecule has 0 amide bonds. The van der Waals surface area contributed by atoms with E-state index in [4.69, 9.17) is 14.7 Å². The molecule has 0 saturated carbocycles. The van der Waals surface area contributed by atoms with Gasteiger partial charge in [-0.1, -0.05) is 146 Å². The van der Waals surface area contributed by atoms with Crippen molar-refractivity contribution in [2.75, 3.05) is 6.61 Å². The molecule has 2 aromatic heterocycles. The standard InChI is InChI=1S/C46H33N3O/c1-4-15-32(16-5-1)35-26-27-39-38-23-10-11-24-42(38)49(44(39)30-35)43-25-14-22-37-29-36(21-12-13-28-50-45(37)43)41-31-40(33-17-6-2-7-18-33)47-46(48-41)34-19-8-3-9-20-34/h1-27,30-31H,28-29H2/b13-12-,36-21+. The first-order chi connectivity index (χ1) is 24.8. The average molecular weight is 644 g/mol. The zero-order chi connectivity index (χ0) is 33.3. The lowest BCUT2D eigenvalue weighted by molar-refractivity contribution is 0.359. The molecule has 0 fully saturated rings. The third kappa shape index (κ3) is 5.47. The summed E-state index contributed by atoms with van der Waals surface area (Å²) in [7, 11) is 0. The molecule has 238 valence electrons. The van der Waals surface area contributed by atoms with Crippen molar-refractivity contribution in [2.24, 2.45) is 0 Å². The van der Waals surface area contributed by atoms with Gasteiger partial charge in [-0.05, 0) is 47.0 Å². The van der Waals surface area contributed by atoms with E-state index in [1.165, 1.54) is 21.9 Å². The van der Waals surface area contributed by atoms with Crippen LogP contribution >= 0.6 is 0 Å². The highest BCUT2D eigenvalue weighted by atomic mass is 16.5. The van der Waals surface area contributed by atoms with Crippen molar-refractivity contribution in [3.8, 4) is 45.2 Å². The second-order valence-electron chi connectivity index (χ2n) is 12.5. The van der Waals surface area contributed by atoms with E-state index < -0.39 is 0 Å². The zero-order valence-corrected chi connectivity index (χ0v) is 27.4. The number of fused-ring (bicyclic) bond motifs is 4. The summed E-state index contributed by atoms with van der Waals surface area (Å²) in [5.74, 6) is 1.58. The van der Waals surface area contributed by atoms with Gasteiger partial charge in [0.25, 0.3) is 0 Å². The molecule has 0 bridgehead atoms. The lowest BCUT2D eigenvalue weighted by atomic mass is 9.98. The van der Waals surface area contributed by atoms with E-state index in [9.17, 15) is 0 Å². The van der Waals surface area contributed by atoms with Gasteiger partial charge < -0.3 is 9.30 Å². The number of hydrogen-bond donors (Lipinski definition) is 0. The highest BCUT2D eigenvalue weighted by Crippen LogP contribution is 2.40. The summed E-state index contributed by atoms with van der Waals surface area (Å²) < 4.78 is 9.04. The minimum absolute atomic E-state index is 0.453. The van der Waals surface area contributed by atoms with Gasteiger partial charge in [-0.2, -0.15) is 0 Å². The Morgan fingerprint density at radius 3 is 2.00 bits per heavy atom. The summed E-state index contributed by atoms with van der Waals surface area (Å²) >= 11 is 0. The summed E-state index contributed by atoms with van der Waals surface area (Å²) in [6.45, 7) is 0.453. The van der Waals surface area contributed by atoms with E-state index in [0.717, 1.165) is 56.1 Å². The van der Waals surface area contributed by atoms with Crippen LogP contribution in [0.15, 0.2) is 176 Å². The van der Waals surface area contributed by atoms with Crippen molar-refractivity contribution in [2.45, 2.75) is 6.42 Å². The smallest absolute Gasteiger partial charge is 0.160 e. The molecule has 0 radical (unpaired) electrons. The van der Waals surface area contributed by atoms with Crippen molar-refractivity contribution >= 4 is 27.4 Å². The first-order valence-corrected chi connectivity index (χ1v) is 17.0. The van der Waals surface area contributed by atoms with Gasteiger partial charge in [0.1, 0.15) is 12.4 Å². The van der Waals surface area contributed by atoms with Crippen LogP contribution in [0, 0.1) is 0 Å². The lowest BCUT2D eigenvalue weighted by Crippen LogP contribution is -2.05. The van der Waals surface area contributed by atoms with Gasteiger partial charge in [0, 0.05) is 33.9 Å². The molecule has 0 saturated heterocycles. The van der Waals surface area contributed by atoms with Crippen molar-refractivity contribution in [3.63, 3.8) is 0 Å². The lowest BCUT2D eigenvalue weighted by Gasteiger charge is -2.18. The molecular formula is C46H33N3O. The van der Waals surface area contributed by atoms with E-state index in [2.05, 4.69) is 144 Å². The first kappa shape index (κ1) is 29.6. The van der Waals surface area contributed by atoms with Gasteiger partial charge in [-0.25, -0.2) is 9.97 Å². The van der Waals surface area contributed by atoms with E-state index in [-0.39, 0.29) is 0 Å². The number of rotatable bonds is 5. The number of para-hydroxylation sites is 2. The van der Waals surface area contributed by atoms with Crippen LogP contribution in [0.5, 0.6) is 5.75 Å². The van der Waals surface area contributed by atoms with Gasteiger partial charge in [-0.3, -0.25) is 0 Å². The Hall–Kier alpha value is -6.52. The van der Waals surface area contributed by atoms with Crippen LogP contribution in [-0.2, 0) is 6.42 Å². The second-order valence-corrected chi connectivity index (χ2v) is 12.5. The molecule has 6 aromatic carbocycles. The molecule has 4 nitrogen and oxygen atoms in total. The van der Waals surface area contributed by atoms with Gasteiger partial charge in [0.2, 0.25) is 0 Å². The molecule has 0 atom stereocenters. The first-order valence-electron chi connectivity index (χ1n) is 17.0. The highest BCUT2D eigenvalue weighted by Gasteiger charge is 2.21. The number of ether oxygens (including phenoxy) is 1. The normalized spacial score (nSPS) is 14.5. The Bertz CT molecular complexity index is 2490. The van der Waals surface area contributed by atoms with Crippen molar-refractivity contribution in [3.05, 3.63) is 187 Å². The monoisotopic (exact) mass is 643 g/mol. The molecule has 4 heteroatoms. The average Bonchev–Trinajstić information content (AvgIpc) is 3.56. The summed E-state index contributed by atoms with van der Waals surface area (Å²) in [4.78, 5) is 10.2. The molecule has 0 unspecified atom stereocenters. The summed E-state index contributed by atoms with van der Waals surface area (Å²) in [5.41, 5.74) is 11.7. The zero-order valence-electron chi connectivity index (χ0n) is 27.4. The number of benzene rings is 6. The Labute approximate surface area is 291 Å². The quantitative estimate of drug-likeness (QED) is 0.187. The second kappa shape index (κ2) is 12.8. The number of allylic oxidation sites excluding steroid dienone is 3. The minimum Gasteiger partial charge on any atom is -0.487 e. The van der Waals surface area contributed by atoms with E-state index in [0.29, 0.717) is 18.9 Å². The summed E-state index contributed by atoms with van der Waals surface area (Å²) in [6, 6.07) is 55.2. The fraction of sp³-hybridized carbons (Fsp3) is 0.0435. The molecule has 50 heavy (non-hydrogen) atoms. The van der Waals surface area contributed by atoms with Crippen LogP contribution in [0.3, 0.4) is 0 Å². The molecule has 9 rings (SSSR count). The summed E-state index contributed by atoms with van der Waals surface area (Å²) in [6.07, 6.45) is 6.96. The highest BCUT2D eigenvalue weighted by molar-refractivity contribution is 6.10. The van der Waals surface area contributed by atoms with Crippen LogP contribution in [-0.4, -0.2) is 21.1 Å². The van der Waals surface area contributed by atoms with Crippen LogP contribution in [0.1, 0.15) is 11.3 Å². The molecule has 0 N–H and O–H groups in total. The van der Waals surface area contributed by atoms with E-state index in [1.54, 1.807) is 0 Å². The van der Waals surface area contributed by atoms with Crippen molar-refractivity contribution < 1.29 is 4.74 Å². The molecule has 0 aliphatic carbocycles. The Kier molecular flexibility index (Phi) is 7.60. The van der Waals surface area contributed by atoms with Crippen molar-refractivity contribution in [1.29, 1.82) is 0 Å². The Morgan fingerprint density at radius 1 is 0.520 bits per heavy atom. The minimum atomic E-state index is 0.453. The topological polar surface area (TPSA) is 39.9 Å². The maximum Gasteiger partial charge on any atom is 0.160 e. The van der Waals surface area contributed by atoms with Gasteiger partial charge in [-0.15, -0.1) is 0 Å². The molecular weight excluding hydrogens is 611 g/mol. The van der Waals surface area contributed by atoms with E-state index >= 15 is 0 Å². The van der Waals surface area contributed by atoms with Crippen molar-refractivity contribution in [1.82, 2.24) is 14.5 Å². The number of aromatic nitrogens is 3. The number of hydrogen-bond acceptors (Lipinski definition) is 3. The Balaban J connectivity index is 1.21. The van der Waals surface area contributed by atoms with Crippen LogP contribution < -0.4 is 4.74 Å². The SMILES string of the molecule is C1=C\COc2c(cccc2-n2c3ccccc3c3ccc(-c4ccccc4)cc32)C\C(c2cc(-c3ccccc3)nc(-c3ccccc3)n2)=C/1. The largest absolute Gasteiger partial charge is 0.487 e. The predicted molar refractivity (Wildman–Crippen MR) is 205 cm³/mol. The Morgan fingerprint density at radius 2 is 1.20 bits per heavy atom. The van der Waals surface area contributed by atoms with Crippen LogP contribution in [0.2, 0.25) is 0 Å². The van der Waals surface area contributed by atoms with Gasteiger partial charge in [0.05, 0.1) is 28.1 Å². The van der Waals surface area contributed by atoms with Crippen LogP contribution in [0.25, 0.3) is 66.8 Å².